The van der Waals surface area contributed by atoms with E-state index in [0.717, 1.165) is 16.8 Å². The highest BCUT2D eigenvalue weighted by Gasteiger charge is 2.16. The molecule has 2 N–H and O–H groups in total. The summed E-state index contributed by atoms with van der Waals surface area (Å²) < 4.78 is 0. The standard InChI is InChI=1S/C12H13NO2/c14-6-2-1-3-9-4-5-11-10(7-9)8-12(15)13-11/h1,3-5,7,14H,2,6,8H2,(H,13,15). The van der Waals surface area contributed by atoms with Crippen molar-refractivity contribution in [1.29, 1.82) is 0 Å². The second-order valence-corrected chi connectivity index (χ2v) is 3.56. The second kappa shape index (κ2) is 4.28. The van der Waals surface area contributed by atoms with E-state index in [4.69, 9.17) is 5.11 Å². The van der Waals surface area contributed by atoms with Crippen molar-refractivity contribution in [2.75, 3.05) is 11.9 Å². The van der Waals surface area contributed by atoms with Gasteiger partial charge in [-0.2, -0.15) is 0 Å². The number of fused-ring (bicyclic) bond motifs is 1. The van der Waals surface area contributed by atoms with Crippen LogP contribution in [0.5, 0.6) is 0 Å². The van der Waals surface area contributed by atoms with Gasteiger partial charge in [-0.25, -0.2) is 0 Å². The van der Waals surface area contributed by atoms with Gasteiger partial charge in [0.05, 0.1) is 6.42 Å². The van der Waals surface area contributed by atoms with Crippen LogP contribution >= 0.6 is 0 Å². The predicted octanol–water partition coefficient (Wildman–Crippen LogP) is 1.58. The first kappa shape index (κ1) is 9.93. The van der Waals surface area contributed by atoms with Crippen molar-refractivity contribution in [3.63, 3.8) is 0 Å². The Bertz CT molecular complexity index is 410. The summed E-state index contributed by atoms with van der Waals surface area (Å²) >= 11 is 0. The lowest BCUT2D eigenvalue weighted by atomic mass is 10.1. The minimum absolute atomic E-state index is 0.0569. The van der Waals surface area contributed by atoms with E-state index in [-0.39, 0.29) is 12.5 Å². The molecule has 2 rings (SSSR count). The Morgan fingerprint density at radius 3 is 3.13 bits per heavy atom. The average Bonchev–Trinajstić information content (AvgIpc) is 2.57. The predicted molar refractivity (Wildman–Crippen MR) is 59.5 cm³/mol. The maximum Gasteiger partial charge on any atom is 0.228 e. The molecule has 0 atom stereocenters. The number of amides is 1. The topological polar surface area (TPSA) is 49.3 Å². The van der Waals surface area contributed by atoms with Crippen molar-refractivity contribution in [1.82, 2.24) is 0 Å². The van der Waals surface area contributed by atoms with Gasteiger partial charge in [0.25, 0.3) is 0 Å². The first-order chi connectivity index (χ1) is 7.29. The van der Waals surface area contributed by atoms with Crippen LogP contribution in [-0.2, 0) is 11.2 Å². The minimum atomic E-state index is 0.0569. The van der Waals surface area contributed by atoms with Crippen molar-refractivity contribution < 1.29 is 9.90 Å². The van der Waals surface area contributed by atoms with Crippen LogP contribution in [0.2, 0.25) is 0 Å². The normalized spacial score (nSPS) is 14.3. The molecule has 15 heavy (non-hydrogen) atoms. The fourth-order valence-electron chi connectivity index (χ4n) is 1.65. The molecule has 0 bridgehead atoms. The maximum absolute atomic E-state index is 11.1. The zero-order valence-electron chi connectivity index (χ0n) is 8.36. The Morgan fingerprint density at radius 2 is 2.33 bits per heavy atom. The van der Waals surface area contributed by atoms with Gasteiger partial charge in [0.1, 0.15) is 0 Å². The summed E-state index contributed by atoms with van der Waals surface area (Å²) in [4.78, 5) is 11.1. The molecule has 0 aliphatic carbocycles. The molecule has 3 heteroatoms. The first-order valence-corrected chi connectivity index (χ1v) is 5.00. The fourth-order valence-corrected chi connectivity index (χ4v) is 1.65. The Morgan fingerprint density at radius 1 is 1.47 bits per heavy atom. The van der Waals surface area contributed by atoms with Crippen molar-refractivity contribution >= 4 is 17.7 Å². The van der Waals surface area contributed by atoms with Gasteiger partial charge in [0, 0.05) is 12.3 Å². The lowest BCUT2D eigenvalue weighted by Gasteiger charge is -1.99. The van der Waals surface area contributed by atoms with Gasteiger partial charge in [-0.05, 0) is 29.7 Å². The number of aliphatic hydroxyl groups is 1. The monoisotopic (exact) mass is 203 g/mol. The van der Waals surface area contributed by atoms with Crippen LogP contribution in [0.4, 0.5) is 5.69 Å². The zero-order chi connectivity index (χ0) is 10.7. The summed E-state index contributed by atoms with van der Waals surface area (Å²) in [5.41, 5.74) is 3.03. The van der Waals surface area contributed by atoms with Crippen molar-refractivity contribution in [3.05, 3.63) is 35.4 Å². The molecule has 0 saturated heterocycles. The van der Waals surface area contributed by atoms with Crippen LogP contribution in [0.15, 0.2) is 24.3 Å². The van der Waals surface area contributed by atoms with Crippen LogP contribution in [0.3, 0.4) is 0 Å². The Hall–Kier alpha value is -1.61. The molecule has 78 valence electrons. The summed E-state index contributed by atoms with van der Waals surface area (Å²) in [6.07, 6.45) is 5.01. The molecule has 0 fully saturated rings. The lowest BCUT2D eigenvalue weighted by molar-refractivity contribution is -0.115. The van der Waals surface area contributed by atoms with Gasteiger partial charge >= 0.3 is 0 Å². The highest BCUT2D eigenvalue weighted by atomic mass is 16.2. The lowest BCUT2D eigenvalue weighted by Crippen LogP contribution is -2.03. The van der Waals surface area contributed by atoms with Gasteiger partial charge in [-0.1, -0.05) is 18.2 Å². The van der Waals surface area contributed by atoms with E-state index < -0.39 is 0 Å². The van der Waals surface area contributed by atoms with Crippen LogP contribution in [0.25, 0.3) is 6.08 Å². The van der Waals surface area contributed by atoms with E-state index in [1.807, 2.05) is 30.4 Å². The molecule has 1 aromatic rings. The largest absolute Gasteiger partial charge is 0.396 e. The third-order valence-corrected chi connectivity index (χ3v) is 2.36. The quantitative estimate of drug-likeness (QED) is 0.783. The molecule has 1 aliphatic rings. The summed E-state index contributed by atoms with van der Waals surface area (Å²) in [6, 6.07) is 5.87. The zero-order valence-corrected chi connectivity index (χ0v) is 8.36. The molecule has 0 aromatic heterocycles. The van der Waals surface area contributed by atoms with Crippen LogP contribution in [0.1, 0.15) is 17.5 Å². The highest BCUT2D eigenvalue weighted by molar-refractivity contribution is 5.99. The molecule has 0 radical (unpaired) electrons. The molecular formula is C12H13NO2. The number of rotatable bonds is 3. The van der Waals surface area contributed by atoms with Crippen LogP contribution in [-0.4, -0.2) is 17.6 Å². The van der Waals surface area contributed by atoms with Crippen molar-refractivity contribution in [2.45, 2.75) is 12.8 Å². The average molecular weight is 203 g/mol. The van der Waals surface area contributed by atoms with E-state index >= 15 is 0 Å². The van der Waals surface area contributed by atoms with Gasteiger partial charge < -0.3 is 10.4 Å². The molecule has 0 saturated carbocycles. The van der Waals surface area contributed by atoms with E-state index in [1.54, 1.807) is 0 Å². The first-order valence-electron chi connectivity index (χ1n) is 5.00. The smallest absolute Gasteiger partial charge is 0.228 e. The number of aliphatic hydroxyl groups excluding tert-OH is 1. The van der Waals surface area contributed by atoms with Crippen LogP contribution in [0, 0.1) is 0 Å². The summed E-state index contributed by atoms with van der Waals surface area (Å²) in [5.74, 6) is 0.0569. The molecular weight excluding hydrogens is 190 g/mol. The molecule has 0 spiro atoms. The van der Waals surface area contributed by atoms with Crippen molar-refractivity contribution in [2.24, 2.45) is 0 Å². The van der Waals surface area contributed by atoms with Crippen LogP contribution < -0.4 is 5.32 Å². The maximum atomic E-state index is 11.1. The summed E-state index contributed by atoms with van der Waals surface area (Å²) in [7, 11) is 0. The van der Waals surface area contributed by atoms with E-state index in [9.17, 15) is 4.79 Å². The number of anilines is 1. The highest BCUT2D eigenvalue weighted by Crippen LogP contribution is 2.24. The van der Waals surface area contributed by atoms with Gasteiger partial charge in [-0.15, -0.1) is 0 Å². The summed E-state index contributed by atoms with van der Waals surface area (Å²) in [5, 5.41) is 11.4. The molecule has 1 heterocycles. The van der Waals surface area contributed by atoms with Gasteiger partial charge in [0.2, 0.25) is 5.91 Å². The third-order valence-electron chi connectivity index (χ3n) is 2.36. The number of hydrogen-bond acceptors (Lipinski definition) is 2. The Kier molecular flexibility index (Phi) is 2.83. The van der Waals surface area contributed by atoms with Gasteiger partial charge in [0.15, 0.2) is 0 Å². The molecule has 1 amide bonds. The Balaban J connectivity index is 2.16. The van der Waals surface area contributed by atoms with E-state index in [0.29, 0.717) is 12.8 Å². The fraction of sp³-hybridized carbons (Fsp3) is 0.250. The van der Waals surface area contributed by atoms with E-state index in [2.05, 4.69) is 5.32 Å². The summed E-state index contributed by atoms with van der Waals surface area (Å²) in [6.45, 7) is 0.168. The van der Waals surface area contributed by atoms with E-state index in [1.165, 1.54) is 0 Å². The number of carbonyl (C=O) groups excluding carboxylic acids is 1. The number of benzene rings is 1. The number of nitrogens with one attached hydrogen (secondary N) is 1. The minimum Gasteiger partial charge on any atom is -0.396 e. The number of carbonyl (C=O) groups is 1. The van der Waals surface area contributed by atoms with Crippen molar-refractivity contribution in [3.8, 4) is 0 Å². The number of hydrogen-bond donors (Lipinski definition) is 2. The van der Waals surface area contributed by atoms with Gasteiger partial charge in [-0.3, -0.25) is 4.79 Å². The molecule has 1 aliphatic heterocycles. The third kappa shape index (κ3) is 2.25. The second-order valence-electron chi connectivity index (χ2n) is 3.56. The molecule has 1 aromatic carbocycles. The molecule has 3 nitrogen and oxygen atoms in total. The SMILES string of the molecule is O=C1Cc2cc(C=CCCO)ccc2N1. The molecule has 0 unspecified atom stereocenters. The Labute approximate surface area is 88.4 Å².